The molecule has 0 bridgehead atoms. The van der Waals surface area contributed by atoms with Gasteiger partial charge in [-0.3, -0.25) is 9.36 Å². The summed E-state index contributed by atoms with van der Waals surface area (Å²) in [6.45, 7) is 10.7. The van der Waals surface area contributed by atoms with E-state index in [4.69, 9.17) is 26.1 Å². The van der Waals surface area contributed by atoms with Crippen LogP contribution in [0.2, 0.25) is 5.02 Å². The van der Waals surface area contributed by atoms with E-state index in [-0.39, 0.29) is 12.2 Å². The Labute approximate surface area is 231 Å². The number of esters is 1. The molecule has 3 aromatic rings. The number of allylic oxidation sites excluding steroid dienone is 1. The van der Waals surface area contributed by atoms with Gasteiger partial charge in [0.05, 0.1) is 40.1 Å². The first kappa shape index (κ1) is 27.9. The molecule has 0 saturated carbocycles. The Balaban J connectivity index is 1.93. The summed E-state index contributed by atoms with van der Waals surface area (Å²) in [6.07, 6.45) is 3.21. The number of ether oxygens (including phenoxy) is 2. The van der Waals surface area contributed by atoms with Gasteiger partial charge in [0, 0.05) is 0 Å². The lowest BCUT2D eigenvalue weighted by Gasteiger charge is -2.26. The summed E-state index contributed by atoms with van der Waals surface area (Å²) in [4.78, 5) is 32.5. The van der Waals surface area contributed by atoms with E-state index in [9.17, 15) is 9.59 Å². The summed E-state index contributed by atoms with van der Waals surface area (Å²) >= 11 is 7.70. The fraction of sp³-hybridized carbons (Fsp3) is 0.367. The first-order chi connectivity index (χ1) is 18.3. The molecule has 4 rings (SSSR count). The normalized spacial score (nSPS) is 15.4. The van der Waals surface area contributed by atoms with E-state index < -0.39 is 12.0 Å². The van der Waals surface area contributed by atoms with Crippen molar-refractivity contribution in [1.82, 2.24) is 4.57 Å². The molecule has 1 aromatic heterocycles. The number of aromatic nitrogens is 1. The number of hydrogen-bond acceptors (Lipinski definition) is 6. The van der Waals surface area contributed by atoms with Crippen molar-refractivity contribution in [2.24, 2.45) is 4.99 Å². The number of rotatable bonds is 9. The van der Waals surface area contributed by atoms with E-state index in [0.29, 0.717) is 50.3 Å². The highest BCUT2D eigenvalue weighted by atomic mass is 35.5. The number of halogens is 1. The van der Waals surface area contributed by atoms with Gasteiger partial charge in [0.1, 0.15) is 5.75 Å². The molecule has 0 aliphatic carbocycles. The van der Waals surface area contributed by atoms with Gasteiger partial charge in [0.2, 0.25) is 0 Å². The van der Waals surface area contributed by atoms with Crippen molar-refractivity contribution in [2.45, 2.75) is 59.4 Å². The van der Waals surface area contributed by atoms with E-state index in [0.717, 1.165) is 17.5 Å². The van der Waals surface area contributed by atoms with Crippen LogP contribution in [0.25, 0.3) is 6.08 Å². The maximum atomic E-state index is 13.9. The summed E-state index contributed by atoms with van der Waals surface area (Å²) in [5.41, 5.74) is 3.69. The second-order valence-corrected chi connectivity index (χ2v) is 10.8. The van der Waals surface area contributed by atoms with Crippen molar-refractivity contribution in [3.8, 4) is 5.75 Å². The molecule has 0 radical (unpaired) electrons. The van der Waals surface area contributed by atoms with Crippen molar-refractivity contribution >= 4 is 35.0 Å². The van der Waals surface area contributed by atoms with Crippen LogP contribution in [0.4, 0.5) is 0 Å². The molecular formula is C30H33ClN2O4S. The van der Waals surface area contributed by atoms with Crippen LogP contribution < -0.4 is 19.6 Å². The second kappa shape index (κ2) is 12.1. The first-order valence-corrected chi connectivity index (χ1v) is 14.2. The van der Waals surface area contributed by atoms with Crippen molar-refractivity contribution in [1.29, 1.82) is 0 Å². The lowest BCUT2D eigenvalue weighted by Crippen LogP contribution is -2.40. The van der Waals surface area contributed by atoms with Crippen LogP contribution in [0, 0.1) is 0 Å². The van der Waals surface area contributed by atoms with Crippen LogP contribution in [0.5, 0.6) is 5.75 Å². The average molecular weight is 553 g/mol. The number of fused-ring (bicyclic) bond motifs is 1. The van der Waals surface area contributed by atoms with Crippen LogP contribution in [0.1, 0.15) is 76.1 Å². The Bertz CT molecular complexity index is 1530. The molecule has 200 valence electrons. The van der Waals surface area contributed by atoms with Crippen LogP contribution in [-0.4, -0.2) is 23.8 Å². The zero-order chi connectivity index (χ0) is 27.4. The van der Waals surface area contributed by atoms with Crippen LogP contribution in [0.3, 0.4) is 0 Å². The third-order valence-electron chi connectivity index (χ3n) is 6.36. The minimum absolute atomic E-state index is 0.214. The quantitative estimate of drug-likeness (QED) is 0.317. The van der Waals surface area contributed by atoms with Gasteiger partial charge < -0.3 is 9.47 Å². The van der Waals surface area contributed by atoms with Gasteiger partial charge in [0.25, 0.3) is 5.56 Å². The summed E-state index contributed by atoms with van der Waals surface area (Å²) < 4.78 is 13.1. The smallest absolute Gasteiger partial charge is 0.338 e. The Morgan fingerprint density at radius 2 is 1.87 bits per heavy atom. The van der Waals surface area contributed by atoms with Gasteiger partial charge in [-0.1, -0.05) is 80.5 Å². The molecular weight excluding hydrogens is 520 g/mol. The molecule has 0 N–H and O–H groups in total. The maximum absolute atomic E-state index is 13.9. The molecule has 1 aliphatic heterocycles. The molecule has 0 spiro atoms. The number of nitrogens with zero attached hydrogens (tertiary/aromatic N) is 2. The number of carbonyl (C=O) groups is 1. The largest absolute Gasteiger partial charge is 0.492 e. The Morgan fingerprint density at radius 1 is 1.13 bits per heavy atom. The molecule has 0 fully saturated rings. The summed E-state index contributed by atoms with van der Waals surface area (Å²) in [6, 6.07) is 12.9. The van der Waals surface area contributed by atoms with Gasteiger partial charge in [-0.2, -0.15) is 0 Å². The van der Waals surface area contributed by atoms with Crippen molar-refractivity contribution < 1.29 is 14.3 Å². The summed E-state index contributed by atoms with van der Waals surface area (Å²) in [7, 11) is 0. The monoisotopic (exact) mass is 552 g/mol. The molecule has 8 heteroatoms. The standard InChI is InChI=1S/C30H33ClN2O4S/c1-6-9-23-26(29(35)37-8-3)27(21-13-11-20(12-14-21)18(4)5)33-28(34)25(38-30(33)32-23)17-19-10-15-24(36-7-2)22(31)16-19/h10-18,27H,6-9H2,1-5H3/b25-17-/t27-/m1/s1. The highest BCUT2D eigenvalue weighted by Gasteiger charge is 2.34. The van der Waals surface area contributed by atoms with Crippen LogP contribution in [0.15, 0.2) is 63.5 Å². The van der Waals surface area contributed by atoms with Gasteiger partial charge in [-0.25, -0.2) is 9.79 Å². The average Bonchev–Trinajstić information content (AvgIpc) is 3.19. The predicted molar refractivity (Wildman–Crippen MR) is 153 cm³/mol. The van der Waals surface area contributed by atoms with Gasteiger partial charge in [0.15, 0.2) is 4.80 Å². The molecule has 2 aromatic carbocycles. The van der Waals surface area contributed by atoms with E-state index >= 15 is 0 Å². The number of thiazole rings is 1. The van der Waals surface area contributed by atoms with Gasteiger partial charge in [-0.15, -0.1) is 0 Å². The predicted octanol–water partition coefficient (Wildman–Crippen LogP) is 5.75. The second-order valence-electron chi connectivity index (χ2n) is 9.36. The molecule has 38 heavy (non-hydrogen) atoms. The third kappa shape index (κ3) is 5.64. The van der Waals surface area contributed by atoms with E-state index in [1.165, 1.54) is 16.9 Å². The fourth-order valence-corrected chi connectivity index (χ4v) is 5.79. The highest BCUT2D eigenvalue weighted by molar-refractivity contribution is 7.07. The topological polar surface area (TPSA) is 69.9 Å². The Morgan fingerprint density at radius 3 is 2.47 bits per heavy atom. The molecule has 1 aliphatic rings. The lowest BCUT2D eigenvalue weighted by molar-refractivity contribution is -0.139. The number of benzene rings is 2. The van der Waals surface area contributed by atoms with Crippen molar-refractivity contribution in [3.05, 3.63) is 95.1 Å². The number of carbonyl (C=O) groups excluding carboxylic acids is 1. The fourth-order valence-electron chi connectivity index (χ4n) is 4.53. The van der Waals surface area contributed by atoms with Gasteiger partial charge in [-0.05, 0) is 61.1 Å². The minimum Gasteiger partial charge on any atom is -0.492 e. The minimum atomic E-state index is -0.626. The Kier molecular flexibility index (Phi) is 8.90. The van der Waals surface area contributed by atoms with Crippen molar-refractivity contribution in [2.75, 3.05) is 13.2 Å². The van der Waals surface area contributed by atoms with E-state index in [2.05, 4.69) is 26.0 Å². The molecule has 0 unspecified atom stereocenters. The van der Waals surface area contributed by atoms with Crippen LogP contribution >= 0.6 is 22.9 Å². The molecule has 2 heterocycles. The molecule has 1 atom stereocenters. The first-order valence-electron chi connectivity index (χ1n) is 13.0. The number of hydrogen-bond donors (Lipinski definition) is 0. The van der Waals surface area contributed by atoms with E-state index in [1.54, 1.807) is 29.7 Å². The molecule has 0 saturated heterocycles. The van der Waals surface area contributed by atoms with Crippen LogP contribution in [-0.2, 0) is 9.53 Å². The van der Waals surface area contributed by atoms with Gasteiger partial charge >= 0.3 is 5.97 Å². The lowest BCUT2D eigenvalue weighted by atomic mass is 9.92. The zero-order valence-corrected chi connectivity index (χ0v) is 24.0. The third-order valence-corrected chi connectivity index (χ3v) is 7.64. The Hall–Kier alpha value is -3.16. The van der Waals surface area contributed by atoms with E-state index in [1.807, 2.05) is 32.0 Å². The SMILES string of the molecule is CCCC1=C(C(=O)OCC)[C@@H](c2ccc(C(C)C)cc2)n2c(s/c(=C\c3ccc(OCC)c(Cl)c3)c2=O)=N1. The summed E-state index contributed by atoms with van der Waals surface area (Å²) in [5, 5.41) is 0.478. The highest BCUT2D eigenvalue weighted by Crippen LogP contribution is 2.33. The maximum Gasteiger partial charge on any atom is 0.338 e. The molecule has 0 amide bonds. The summed E-state index contributed by atoms with van der Waals surface area (Å²) in [5.74, 6) is 0.522. The van der Waals surface area contributed by atoms with Crippen molar-refractivity contribution in [3.63, 3.8) is 0 Å². The zero-order valence-electron chi connectivity index (χ0n) is 22.4. The molecule has 6 nitrogen and oxygen atoms in total.